The highest BCUT2D eigenvalue weighted by molar-refractivity contribution is 9.10. The smallest absolute Gasteiger partial charge is 0.123 e. The lowest BCUT2D eigenvalue weighted by atomic mass is 9.92. The highest BCUT2D eigenvalue weighted by Gasteiger charge is 2.13. The molecule has 0 fully saturated rings. The lowest BCUT2D eigenvalue weighted by molar-refractivity contribution is 0.623. The van der Waals surface area contributed by atoms with Crippen LogP contribution in [-0.2, 0) is 6.42 Å². The van der Waals surface area contributed by atoms with Gasteiger partial charge in [-0.15, -0.1) is 0 Å². The molecule has 0 aromatic heterocycles. The van der Waals surface area contributed by atoms with E-state index in [0.29, 0.717) is 6.54 Å². The van der Waals surface area contributed by atoms with Crippen molar-refractivity contribution in [3.63, 3.8) is 0 Å². The van der Waals surface area contributed by atoms with Gasteiger partial charge < -0.3 is 5.73 Å². The number of nitrogens with two attached hydrogens (primary N) is 1. The quantitative estimate of drug-likeness (QED) is 0.868. The zero-order valence-electron chi connectivity index (χ0n) is 10.2. The topological polar surface area (TPSA) is 26.0 Å². The lowest BCUT2D eigenvalue weighted by Gasteiger charge is -2.16. The van der Waals surface area contributed by atoms with E-state index < -0.39 is 0 Å². The van der Waals surface area contributed by atoms with Crippen LogP contribution in [0.5, 0.6) is 0 Å². The summed E-state index contributed by atoms with van der Waals surface area (Å²) >= 11 is 9.59. The van der Waals surface area contributed by atoms with Crippen molar-refractivity contribution in [3.8, 4) is 0 Å². The molecule has 4 heteroatoms. The second-order valence-corrected chi connectivity index (χ2v) is 5.75. The zero-order valence-corrected chi connectivity index (χ0v) is 12.6. The summed E-state index contributed by atoms with van der Waals surface area (Å²) in [7, 11) is 0. The van der Waals surface area contributed by atoms with E-state index >= 15 is 0 Å². The minimum Gasteiger partial charge on any atom is -0.330 e. The highest BCUT2D eigenvalue weighted by atomic mass is 79.9. The number of rotatable bonds is 4. The molecule has 2 aromatic carbocycles. The normalized spacial score (nSPS) is 12.4. The molecule has 1 atom stereocenters. The standard InChI is InChI=1S/C15H14BrClFN/c16-13-4-1-11(15(17)8-13)7-12(9-19)10-2-5-14(18)6-3-10/h1-6,8,12H,7,9,19H2. The van der Waals surface area contributed by atoms with Gasteiger partial charge in [-0.3, -0.25) is 0 Å². The van der Waals surface area contributed by atoms with Crippen molar-refractivity contribution in [2.24, 2.45) is 5.73 Å². The Morgan fingerprint density at radius 2 is 1.84 bits per heavy atom. The van der Waals surface area contributed by atoms with Crippen molar-refractivity contribution < 1.29 is 4.39 Å². The molecule has 0 spiro atoms. The van der Waals surface area contributed by atoms with Gasteiger partial charge in [0.1, 0.15) is 5.82 Å². The van der Waals surface area contributed by atoms with Gasteiger partial charge >= 0.3 is 0 Å². The van der Waals surface area contributed by atoms with Crippen molar-refractivity contribution in [1.82, 2.24) is 0 Å². The van der Waals surface area contributed by atoms with Crippen LogP contribution >= 0.6 is 27.5 Å². The Kier molecular flexibility index (Phi) is 4.97. The number of hydrogen-bond acceptors (Lipinski definition) is 1. The molecule has 0 bridgehead atoms. The fourth-order valence-electron chi connectivity index (χ4n) is 2.02. The van der Waals surface area contributed by atoms with E-state index in [1.165, 1.54) is 12.1 Å². The molecule has 0 radical (unpaired) electrons. The van der Waals surface area contributed by atoms with Gasteiger partial charge in [0.15, 0.2) is 0 Å². The van der Waals surface area contributed by atoms with Crippen molar-refractivity contribution >= 4 is 27.5 Å². The van der Waals surface area contributed by atoms with Crippen LogP contribution in [0.25, 0.3) is 0 Å². The summed E-state index contributed by atoms with van der Waals surface area (Å²) in [6, 6.07) is 12.3. The third-order valence-electron chi connectivity index (χ3n) is 3.11. The monoisotopic (exact) mass is 341 g/mol. The van der Waals surface area contributed by atoms with Crippen molar-refractivity contribution in [3.05, 3.63) is 68.9 Å². The fraction of sp³-hybridized carbons (Fsp3) is 0.200. The molecule has 0 saturated heterocycles. The van der Waals surface area contributed by atoms with E-state index in [1.54, 1.807) is 12.1 Å². The Hall–Kier alpha value is -0.900. The van der Waals surface area contributed by atoms with Gasteiger partial charge in [0.25, 0.3) is 0 Å². The van der Waals surface area contributed by atoms with Gasteiger partial charge in [0.05, 0.1) is 0 Å². The molecular weight excluding hydrogens is 329 g/mol. The molecule has 1 nitrogen and oxygen atoms in total. The fourth-order valence-corrected chi connectivity index (χ4v) is 2.78. The largest absolute Gasteiger partial charge is 0.330 e. The average Bonchev–Trinajstić information content (AvgIpc) is 2.39. The SMILES string of the molecule is NCC(Cc1ccc(Br)cc1Cl)c1ccc(F)cc1. The molecule has 2 N–H and O–H groups in total. The molecule has 19 heavy (non-hydrogen) atoms. The van der Waals surface area contributed by atoms with Gasteiger partial charge in [-0.25, -0.2) is 4.39 Å². The Morgan fingerprint density at radius 1 is 1.16 bits per heavy atom. The van der Waals surface area contributed by atoms with Crippen LogP contribution in [0.3, 0.4) is 0 Å². The van der Waals surface area contributed by atoms with Gasteiger partial charge in [0, 0.05) is 15.4 Å². The van der Waals surface area contributed by atoms with Crippen LogP contribution in [0.2, 0.25) is 5.02 Å². The van der Waals surface area contributed by atoms with Crippen molar-refractivity contribution in [2.45, 2.75) is 12.3 Å². The van der Waals surface area contributed by atoms with E-state index in [-0.39, 0.29) is 11.7 Å². The Morgan fingerprint density at radius 3 is 2.42 bits per heavy atom. The summed E-state index contributed by atoms with van der Waals surface area (Å²) in [6.45, 7) is 0.498. The first-order valence-electron chi connectivity index (χ1n) is 5.99. The second kappa shape index (κ2) is 6.51. The number of hydrogen-bond donors (Lipinski definition) is 1. The third-order valence-corrected chi connectivity index (χ3v) is 3.95. The summed E-state index contributed by atoms with van der Waals surface area (Å²) in [5, 5.41) is 0.718. The van der Waals surface area contributed by atoms with E-state index in [2.05, 4.69) is 15.9 Å². The third kappa shape index (κ3) is 3.78. The molecule has 0 aliphatic heterocycles. The summed E-state index contributed by atoms with van der Waals surface area (Å²) in [4.78, 5) is 0. The molecule has 2 aromatic rings. The number of benzene rings is 2. The molecule has 1 unspecified atom stereocenters. The summed E-state index contributed by atoms with van der Waals surface area (Å²) in [5.74, 6) is -0.0968. The van der Waals surface area contributed by atoms with Crippen LogP contribution < -0.4 is 5.73 Å². The first-order chi connectivity index (χ1) is 9.10. The van der Waals surface area contributed by atoms with Crippen molar-refractivity contribution in [1.29, 1.82) is 0 Å². The number of halogens is 3. The van der Waals surface area contributed by atoms with Crippen LogP contribution in [0.4, 0.5) is 4.39 Å². The summed E-state index contributed by atoms with van der Waals surface area (Å²) < 4.78 is 13.9. The van der Waals surface area contributed by atoms with Crippen LogP contribution in [-0.4, -0.2) is 6.54 Å². The average molecular weight is 343 g/mol. The minimum absolute atomic E-state index is 0.138. The predicted octanol–water partition coefficient (Wildman–Crippen LogP) is 4.53. The molecule has 0 aliphatic rings. The van der Waals surface area contributed by atoms with Gasteiger partial charge in [-0.05, 0) is 48.4 Å². The first kappa shape index (κ1) is 14.5. The Labute approximate surface area is 125 Å². The maximum absolute atomic E-state index is 12.9. The maximum Gasteiger partial charge on any atom is 0.123 e. The summed E-state index contributed by atoms with van der Waals surface area (Å²) in [6.07, 6.45) is 0.744. The highest BCUT2D eigenvalue weighted by Crippen LogP contribution is 2.27. The van der Waals surface area contributed by atoms with Crippen LogP contribution in [0.15, 0.2) is 46.9 Å². The first-order valence-corrected chi connectivity index (χ1v) is 7.16. The summed E-state index contributed by atoms with van der Waals surface area (Å²) in [5.41, 5.74) is 7.90. The van der Waals surface area contributed by atoms with Gasteiger partial charge in [0.2, 0.25) is 0 Å². The molecule has 100 valence electrons. The predicted molar refractivity (Wildman–Crippen MR) is 81.1 cm³/mol. The van der Waals surface area contributed by atoms with E-state index in [9.17, 15) is 4.39 Å². The Bertz CT molecular complexity index is 557. The van der Waals surface area contributed by atoms with Crippen molar-refractivity contribution in [2.75, 3.05) is 6.54 Å². The van der Waals surface area contributed by atoms with Crippen LogP contribution in [0.1, 0.15) is 17.0 Å². The van der Waals surface area contributed by atoms with E-state index in [4.69, 9.17) is 17.3 Å². The molecule has 0 saturated carbocycles. The van der Waals surface area contributed by atoms with Gasteiger partial charge in [-0.1, -0.05) is 45.7 Å². The lowest BCUT2D eigenvalue weighted by Crippen LogP contribution is -2.15. The zero-order chi connectivity index (χ0) is 13.8. The molecule has 0 amide bonds. The maximum atomic E-state index is 12.9. The molecular formula is C15H14BrClFN. The minimum atomic E-state index is -0.235. The Balaban J connectivity index is 2.21. The van der Waals surface area contributed by atoms with Crippen LogP contribution in [0, 0.1) is 5.82 Å². The molecule has 2 rings (SSSR count). The second-order valence-electron chi connectivity index (χ2n) is 4.42. The van der Waals surface area contributed by atoms with E-state index in [0.717, 1.165) is 27.0 Å². The molecule has 0 heterocycles. The van der Waals surface area contributed by atoms with E-state index in [1.807, 2.05) is 18.2 Å². The molecule has 0 aliphatic carbocycles. The van der Waals surface area contributed by atoms with Gasteiger partial charge in [-0.2, -0.15) is 0 Å².